The fourth-order valence-electron chi connectivity index (χ4n) is 5.36. The Morgan fingerprint density at radius 3 is 2.60 bits per heavy atom. The van der Waals surface area contributed by atoms with Gasteiger partial charge in [-0.25, -0.2) is 0 Å². The summed E-state index contributed by atoms with van der Waals surface area (Å²) in [5.41, 5.74) is 1.59. The Morgan fingerprint density at radius 1 is 1.14 bits per heavy atom. The van der Waals surface area contributed by atoms with Gasteiger partial charge in [0, 0.05) is 27.2 Å². The van der Waals surface area contributed by atoms with E-state index in [1.54, 1.807) is 49.4 Å². The molecule has 0 saturated carbocycles. The van der Waals surface area contributed by atoms with Gasteiger partial charge in [0.15, 0.2) is 17.0 Å². The van der Waals surface area contributed by atoms with Crippen molar-refractivity contribution in [2.75, 3.05) is 26.0 Å². The van der Waals surface area contributed by atoms with Crippen molar-refractivity contribution >= 4 is 27.5 Å². The number of likely N-dealkylation sites (N-methyl/N-ethyl adjacent to an activating group) is 1. The molecule has 0 unspecified atom stereocenters. The number of nitrogens with zero attached hydrogens (tertiary/aromatic N) is 2. The highest BCUT2D eigenvalue weighted by Gasteiger charge is 2.68. The molecule has 0 aliphatic carbocycles. The van der Waals surface area contributed by atoms with Crippen LogP contribution in [0.5, 0.6) is 11.5 Å². The van der Waals surface area contributed by atoms with Crippen LogP contribution in [0.1, 0.15) is 22.6 Å². The number of fused-ring (bicyclic) bond motifs is 2. The lowest BCUT2D eigenvalue weighted by Crippen LogP contribution is -2.54. The van der Waals surface area contributed by atoms with Crippen molar-refractivity contribution in [3.05, 3.63) is 98.0 Å². The zero-order chi connectivity index (χ0) is 24.7. The van der Waals surface area contributed by atoms with Gasteiger partial charge in [-0.2, -0.15) is 0 Å². The number of methoxy groups -OCH3 is 1. The lowest BCUT2D eigenvalue weighted by atomic mass is 9.79. The summed E-state index contributed by atoms with van der Waals surface area (Å²) in [4.78, 5) is 27.2. The van der Waals surface area contributed by atoms with Gasteiger partial charge in [0.2, 0.25) is 0 Å². The molecule has 180 valence electrons. The number of ether oxygens (including phenoxy) is 2. The number of anilines is 1. The number of amides is 1. The average Bonchev–Trinajstić information content (AvgIpc) is 3.33. The van der Waals surface area contributed by atoms with Crippen molar-refractivity contribution in [3.63, 3.8) is 0 Å². The van der Waals surface area contributed by atoms with Crippen LogP contribution >= 0.6 is 15.9 Å². The van der Waals surface area contributed by atoms with E-state index in [9.17, 15) is 14.9 Å². The van der Waals surface area contributed by atoms with Crippen molar-refractivity contribution in [2.24, 2.45) is 0 Å². The van der Waals surface area contributed by atoms with Crippen LogP contribution in [0, 0.1) is 10.1 Å². The van der Waals surface area contributed by atoms with Gasteiger partial charge < -0.3 is 14.8 Å². The topological polar surface area (TPSA) is 93.9 Å². The summed E-state index contributed by atoms with van der Waals surface area (Å²) >= 11 is 3.42. The van der Waals surface area contributed by atoms with Gasteiger partial charge in [-0.3, -0.25) is 19.8 Å². The molecule has 1 N–H and O–H groups in total. The van der Waals surface area contributed by atoms with Crippen molar-refractivity contribution in [2.45, 2.75) is 24.1 Å². The second-order valence-corrected chi connectivity index (χ2v) is 9.72. The van der Waals surface area contributed by atoms with E-state index in [1.807, 2.05) is 36.4 Å². The molecule has 2 aliphatic heterocycles. The van der Waals surface area contributed by atoms with Gasteiger partial charge >= 0.3 is 0 Å². The predicted octanol–water partition coefficient (Wildman–Crippen LogP) is 4.56. The Hall–Kier alpha value is -3.43. The second-order valence-electron chi connectivity index (χ2n) is 8.81. The van der Waals surface area contributed by atoms with E-state index >= 15 is 0 Å². The Bertz CT molecular complexity index is 1300. The second kappa shape index (κ2) is 8.98. The molecule has 1 amide bonds. The van der Waals surface area contributed by atoms with Crippen molar-refractivity contribution < 1.29 is 19.2 Å². The van der Waals surface area contributed by atoms with E-state index in [-0.39, 0.29) is 10.8 Å². The van der Waals surface area contributed by atoms with Crippen molar-refractivity contribution in [1.82, 2.24) is 4.90 Å². The SMILES string of the molecule is COc1cc([C@@H]2CN(C)[C@]3(C(=O)Nc4ccccc43)[C@@H]2[N+](=O)[O-])ccc1OCc1ccc(Br)cc1. The molecule has 0 bridgehead atoms. The molecule has 3 atom stereocenters. The van der Waals surface area contributed by atoms with Gasteiger partial charge in [0.05, 0.1) is 13.0 Å². The van der Waals surface area contributed by atoms with Crippen LogP contribution in [0.15, 0.2) is 71.2 Å². The normalized spacial score (nSPS) is 23.2. The maximum absolute atomic E-state index is 13.3. The van der Waals surface area contributed by atoms with Gasteiger partial charge in [-0.1, -0.05) is 52.3 Å². The molecule has 1 spiro atoms. The van der Waals surface area contributed by atoms with Gasteiger partial charge in [-0.05, 0) is 48.5 Å². The molecule has 5 rings (SSSR count). The Labute approximate surface area is 211 Å². The van der Waals surface area contributed by atoms with E-state index in [4.69, 9.17) is 9.47 Å². The molecule has 8 nitrogen and oxygen atoms in total. The molecule has 2 aliphatic rings. The molecular weight excluding hydrogens is 514 g/mol. The number of para-hydroxylation sites is 1. The molecule has 0 radical (unpaired) electrons. The number of halogens is 1. The van der Waals surface area contributed by atoms with Crippen LogP contribution in [0.3, 0.4) is 0 Å². The van der Waals surface area contributed by atoms with E-state index in [0.717, 1.165) is 15.6 Å². The third-order valence-corrected chi connectivity index (χ3v) is 7.49. The minimum atomic E-state index is -1.38. The number of nitro groups is 1. The third-order valence-electron chi connectivity index (χ3n) is 6.96. The predicted molar refractivity (Wildman–Crippen MR) is 134 cm³/mol. The number of carbonyl (C=O) groups is 1. The molecule has 3 aromatic rings. The number of hydrogen-bond acceptors (Lipinski definition) is 6. The highest BCUT2D eigenvalue weighted by Crippen LogP contribution is 2.52. The van der Waals surface area contributed by atoms with Crippen LogP contribution in [-0.2, 0) is 16.9 Å². The number of hydrogen-bond donors (Lipinski definition) is 1. The Morgan fingerprint density at radius 2 is 1.89 bits per heavy atom. The summed E-state index contributed by atoms with van der Waals surface area (Å²) in [6.45, 7) is 0.697. The standard InChI is InChI=1S/C26H24BrN3O5/c1-29-14-19(24(30(32)33)26(29)20-5-3-4-6-21(20)28-25(26)31)17-9-12-22(23(13-17)34-2)35-15-16-7-10-18(27)11-8-16/h3-13,19,24H,14-15H2,1-2H3,(H,28,31)/t19-,24+,26-/m0/s1. The number of benzene rings is 3. The van der Waals surface area contributed by atoms with Gasteiger partial charge in [0.25, 0.3) is 11.9 Å². The number of likely N-dealkylation sites (tertiary alicyclic amines) is 1. The molecule has 3 aromatic carbocycles. The Balaban J connectivity index is 1.48. The quantitative estimate of drug-likeness (QED) is 0.366. The molecule has 2 heterocycles. The minimum absolute atomic E-state index is 0.319. The van der Waals surface area contributed by atoms with Crippen LogP contribution in [-0.4, -0.2) is 42.5 Å². The average molecular weight is 538 g/mol. The lowest BCUT2D eigenvalue weighted by Gasteiger charge is -2.30. The molecule has 35 heavy (non-hydrogen) atoms. The smallest absolute Gasteiger partial charge is 0.256 e. The van der Waals surface area contributed by atoms with E-state index < -0.39 is 17.5 Å². The summed E-state index contributed by atoms with van der Waals surface area (Å²) in [6.07, 6.45) is 0. The largest absolute Gasteiger partial charge is 0.493 e. The number of nitrogens with one attached hydrogen (secondary N) is 1. The van der Waals surface area contributed by atoms with Crippen LogP contribution in [0.4, 0.5) is 5.69 Å². The summed E-state index contributed by atoms with van der Waals surface area (Å²) < 4.78 is 12.5. The summed E-state index contributed by atoms with van der Waals surface area (Å²) in [5.74, 6) is 0.136. The minimum Gasteiger partial charge on any atom is -0.493 e. The molecule has 0 aromatic heterocycles. The van der Waals surface area contributed by atoms with E-state index in [2.05, 4.69) is 21.2 Å². The summed E-state index contributed by atoms with van der Waals surface area (Å²) in [5, 5.41) is 15.3. The first-order valence-corrected chi connectivity index (χ1v) is 12.0. The molecule has 1 fully saturated rings. The van der Waals surface area contributed by atoms with Crippen molar-refractivity contribution in [1.29, 1.82) is 0 Å². The van der Waals surface area contributed by atoms with Crippen LogP contribution < -0.4 is 14.8 Å². The first-order chi connectivity index (χ1) is 16.9. The summed E-state index contributed by atoms with van der Waals surface area (Å²) in [6, 6.07) is 19.2. The highest BCUT2D eigenvalue weighted by atomic mass is 79.9. The lowest BCUT2D eigenvalue weighted by molar-refractivity contribution is -0.534. The molecule has 9 heteroatoms. The maximum atomic E-state index is 13.3. The van der Waals surface area contributed by atoms with Gasteiger partial charge in [0.1, 0.15) is 6.61 Å². The zero-order valence-corrected chi connectivity index (χ0v) is 20.8. The Kier molecular flexibility index (Phi) is 5.98. The van der Waals surface area contributed by atoms with E-state index in [1.165, 1.54) is 0 Å². The van der Waals surface area contributed by atoms with Crippen LogP contribution in [0.2, 0.25) is 0 Å². The van der Waals surface area contributed by atoms with Gasteiger partial charge in [-0.15, -0.1) is 0 Å². The first-order valence-electron chi connectivity index (χ1n) is 11.2. The zero-order valence-electron chi connectivity index (χ0n) is 19.2. The number of rotatable bonds is 6. The monoisotopic (exact) mass is 537 g/mol. The van der Waals surface area contributed by atoms with E-state index in [0.29, 0.717) is 35.9 Å². The number of carbonyl (C=O) groups excluding carboxylic acids is 1. The highest BCUT2D eigenvalue weighted by molar-refractivity contribution is 9.10. The third kappa shape index (κ3) is 3.75. The maximum Gasteiger partial charge on any atom is 0.256 e. The molecule has 1 saturated heterocycles. The first kappa shape index (κ1) is 23.3. The van der Waals surface area contributed by atoms with Crippen molar-refractivity contribution in [3.8, 4) is 11.5 Å². The fraction of sp³-hybridized carbons (Fsp3) is 0.269. The fourth-order valence-corrected chi connectivity index (χ4v) is 5.62. The molecular formula is C26H24BrN3O5. The van der Waals surface area contributed by atoms with Crippen LogP contribution in [0.25, 0.3) is 0 Å². The summed E-state index contributed by atoms with van der Waals surface area (Å²) in [7, 11) is 3.31.